The zero-order chi connectivity index (χ0) is 23.0. The van der Waals surface area contributed by atoms with Crippen LogP contribution in [-0.4, -0.2) is 81.3 Å². The lowest BCUT2D eigenvalue weighted by molar-refractivity contribution is -0.289. The summed E-state index contributed by atoms with van der Waals surface area (Å²) in [6.07, 6.45) is -4.89. The zero-order valence-electron chi connectivity index (χ0n) is 17.7. The third-order valence-electron chi connectivity index (χ3n) is 4.18. The second kappa shape index (κ2) is 11.5. The summed E-state index contributed by atoms with van der Waals surface area (Å²) in [5, 5.41) is 2.42. The first-order valence-electron chi connectivity index (χ1n) is 9.02. The minimum Gasteiger partial charge on any atom is -0.467 e. The SMILES string of the molecule is COC(=O)C(NC(C)=O)C1C(OC(C)=O)[C@H](OC(C)=O)C(COC(C)=O)O[C@H]1OC. The summed E-state index contributed by atoms with van der Waals surface area (Å²) in [5.41, 5.74) is 0. The molecule has 1 saturated heterocycles. The molecule has 170 valence electrons. The van der Waals surface area contributed by atoms with Crippen LogP contribution in [-0.2, 0) is 52.4 Å². The quantitative estimate of drug-likeness (QED) is 0.373. The Morgan fingerprint density at radius 2 is 1.47 bits per heavy atom. The molecule has 0 aromatic carbocycles. The highest BCUT2D eigenvalue weighted by Gasteiger charge is 2.55. The van der Waals surface area contributed by atoms with Gasteiger partial charge in [0.05, 0.1) is 13.0 Å². The maximum absolute atomic E-state index is 12.4. The predicted molar refractivity (Wildman–Crippen MR) is 96.5 cm³/mol. The average Bonchev–Trinajstić information content (AvgIpc) is 2.64. The molecule has 30 heavy (non-hydrogen) atoms. The number of hydrogen-bond acceptors (Lipinski definition) is 11. The lowest BCUT2D eigenvalue weighted by Gasteiger charge is -2.46. The van der Waals surface area contributed by atoms with Crippen molar-refractivity contribution in [2.75, 3.05) is 20.8 Å². The molecule has 1 rings (SSSR count). The highest BCUT2D eigenvalue weighted by atomic mass is 16.7. The van der Waals surface area contributed by atoms with E-state index in [4.69, 9.17) is 28.4 Å². The Hall–Kier alpha value is -2.73. The van der Waals surface area contributed by atoms with Crippen molar-refractivity contribution >= 4 is 29.8 Å². The van der Waals surface area contributed by atoms with E-state index in [1.165, 1.54) is 21.0 Å². The minimum absolute atomic E-state index is 0.347. The second-order valence-electron chi connectivity index (χ2n) is 6.51. The van der Waals surface area contributed by atoms with Gasteiger partial charge in [0, 0.05) is 34.8 Å². The number of hydrogen-bond donors (Lipinski definition) is 1. The average molecular weight is 433 g/mol. The van der Waals surface area contributed by atoms with Gasteiger partial charge in [-0.15, -0.1) is 0 Å². The molecular formula is C18H27NO11. The number of amides is 1. The summed E-state index contributed by atoms with van der Waals surface area (Å²) in [6, 6.07) is -1.37. The molecule has 0 aliphatic carbocycles. The van der Waals surface area contributed by atoms with Crippen molar-refractivity contribution in [3.05, 3.63) is 0 Å². The minimum atomic E-state index is -1.37. The lowest BCUT2D eigenvalue weighted by Crippen LogP contribution is -2.65. The zero-order valence-corrected chi connectivity index (χ0v) is 17.7. The van der Waals surface area contributed by atoms with Gasteiger partial charge in [-0.25, -0.2) is 4.79 Å². The van der Waals surface area contributed by atoms with E-state index < -0.39 is 66.3 Å². The maximum atomic E-state index is 12.4. The molecule has 0 spiro atoms. The number of ether oxygens (including phenoxy) is 6. The molecule has 0 aromatic rings. The molecule has 1 amide bonds. The molecule has 1 aliphatic heterocycles. The van der Waals surface area contributed by atoms with Crippen LogP contribution in [0.15, 0.2) is 0 Å². The van der Waals surface area contributed by atoms with Crippen LogP contribution in [0.5, 0.6) is 0 Å². The van der Waals surface area contributed by atoms with Crippen molar-refractivity contribution in [2.24, 2.45) is 5.92 Å². The van der Waals surface area contributed by atoms with Crippen molar-refractivity contribution in [2.45, 2.75) is 58.3 Å². The Balaban J connectivity index is 3.47. The summed E-state index contributed by atoms with van der Waals surface area (Å²) in [5.74, 6) is -4.71. The van der Waals surface area contributed by atoms with Crippen molar-refractivity contribution in [3.8, 4) is 0 Å². The fraction of sp³-hybridized carbons (Fsp3) is 0.722. The third kappa shape index (κ3) is 6.95. The van der Waals surface area contributed by atoms with Gasteiger partial charge in [-0.2, -0.15) is 0 Å². The fourth-order valence-corrected chi connectivity index (χ4v) is 3.15. The smallest absolute Gasteiger partial charge is 0.329 e. The molecule has 6 atom stereocenters. The molecule has 4 unspecified atom stereocenters. The molecule has 0 aromatic heterocycles. The monoisotopic (exact) mass is 433 g/mol. The fourth-order valence-electron chi connectivity index (χ4n) is 3.15. The van der Waals surface area contributed by atoms with Crippen LogP contribution < -0.4 is 5.32 Å². The summed E-state index contributed by atoms with van der Waals surface area (Å²) in [7, 11) is 2.37. The van der Waals surface area contributed by atoms with E-state index in [2.05, 4.69) is 5.32 Å². The molecule has 1 fully saturated rings. The van der Waals surface area contributed by atoms with E-state index in [-0.39, 0.29) is 6.61 Å². The molecule has 1 aliphatic rings. The third-order valence-corrected chi connectivity index (χ3v) is 4.18. The molecule has 1 heterocycles. The van der Waals surface area contributed by atoms with E-state index in [1.807, 2.05) is 0 Å². The van der Waals surface area contributed by atoms with Crippen LogP contribution in [0.1, 0.15) is 27.7 Å². The van der Waals surface area contributed by atoms with Crippen molar-refractivity contribution in [1.82, 2.24) is 5.32 Å². The Bertz CT molecular complexity index is 665. The first-order valence-corrected chi connectivity index (χ1v) is 9.02. The topological polar surface area (TPSA) is 153 Å². The van der Waals surface area contributed by atoms with E-state index >= 15 is 0 Å². The number of methoxy groups -OCH3 is 2. The standard InChI is InChI=1S/C18H27NO11/c1-8(20)19-14(17(24)25-5)13-16(29-11(4)23)15(28-10(3)22)12(7-27-9(2)21)30-18(13)26-6/h12-16,18H,7H2,1-6H3,(H,19,20)/t12?,13?,14?,15-,16?,18-/m1/s1. The molecule has 1 N–H and O–H groups in total. The predicted octanol–water partition coefficient (Wildman–Crippen LogP) is -0.922. The van der Waals surface area contributed by atoms with E-state index in [0.717, 1.165) is 21.0 Å². The van der Waals surface area contributed by atoms with Gasteiger partial charge < -0.3 is 33.7 Å². The van der Waals surface area contributed by atoms with Gasteiger partial charge >= 0.3 is 23.9 Å². The highest BCUT2D eigenvalue weighted by molar-refractivity contribution is 5.83. The summed E-state index contributed by atoms with van der Waals surface area (Å²) >= 11 is 0. The number of carbonyl (C=O) groups excluding carboxylic acids is 5. The Kier molecular flexibility index (Phi) is 9.66. The first-order chi connectivity index (χ1) is 14.0. The summed E-state index contributed by atoms with van der Waals surface area (Å²) in [4.78, 5) is 58.8. The van der Waals surface area contributed by atoms with Gasteiger partial charge in [0.2, 0.25) is 5.91 Å². The van der Waals surface area contributed by atoms with Crippen LogP contribution in [0.3, 0.4) is 0 Å². The summed E-state index contributed by atoms with van der Waals surface area (Å²) in [6.45, 7) is 4.24. The van der Waals surface area contributed by atoms with Gasteiger partial charge in [0.25, 0.3) is 0 Å². The van der Waals surface area contributed by atoms with Crippen molar-refractivity contribution in [1.29, 1.82) is 0 Å². The molecule has 0 radical (unpaired) electrons. The van der Waals surface area contributed by atoms with Gasteiger partial charge in [-0.3, -0.25) is 19.2 Å². The van der Waals surface area contributed by atoms with E-state index in [0.29, 0.717) is 0 Å². The lowest BCUT2D eigenvalue weighted by atomic mass is 9.84. The number of nitrogens with one attached hydrogen (secondary N) is 1. The summed E-state index contributed by atoms with van der Waals surface area (Å²) < 4.78 is 31.4. The van der Waals surface area contributed by atoms with Gasteiger partial charge in [-0.05, 0) is 0 Å². The Labute approximate surface area is 173 Å². The van der Waals surface area contributed by atoms with E-state index in [9.17, 15) is 24.0 Å². The number of carbonyl (C=O) groups is 5. The van der Waals surface area contributed by atoms with Gasteiger partial charge in [-0.1, -0.05) is 0 Å². The number of esters is 4. The van der Waals surface area contributed by atoms with Gasteiger partial charge in [0.1, 0.15) is 18.8 Å². The largest absolute Gasteiger partial charge is 0.467 e. The van der Waals surface area contributed by atoms with Gasteiger partial charge in [0.15, 0.2) is 18.5 Å². The molecule has 12 nitrogen and oxygen atoms in total. The van der Waals surface area contributed by atoms with Crippen LogP contribution in [0.25, 0.3) is 0 Å². The second-order valence-corrected chi connectivity index (χ2v) is 6.51. The number of rotatable bonds is 8. The van der Waals surface area contributed by atoms with Crippen LogP contribution in [0, 0.1) is 5.92 Å². The maximum Gasteiger partial charge on any atom is 0.329 e. The molecule has 0 saturated carbocycles. The van der Waals surface area contributed by atoms with Crippen LogP contribution >= 0.6 is 0 Å². The molecular weight excluding hydrogens is 406 g/mol. The highest BCUT2D eigenvalue weighted by Crippen LogP contribution is 2.34. The first kappa shape index (κ1) is 25.3. The Morgan fingerprint density at radius 1 is 0.900 bits per heavy atom. The molecule has 12 heteroatoms. The van der Waals surface area contributed by atoms with Crippen molar-refractivity contribution in [3.63, 3.8) is 0 Å². The van der Waals surface area contributed by atoms with Crippen LogP contribution in [0.2, 0.25) is 0 Å². The van der Waals surface area contributed by atoms with E-state index in [1.54, 1.807) is 0 Å². The van der Waals surface area contributed by atoms with Crippen molar-refractivity contribution < 1.29 is 52.4 Å². The Morgan fingerprint density at radius 3 is 1.90 bits per heavy atom. The van der Waals surface area contributed by atoms with Crippen LogP contribution in [0.4, 0.5) is 0 Å². The normalized spacial score (nSPS) is 26.7. The molecule has 0 bridgehead atoms.